The number of nitrogens with zero attached hydrogens (tertiary/aromatic N) is 2. The number of sulfonamides is 1. The van der Waals surface area contributed by atoms with Crippen LogP contribution in [0.4, 0.5) is 5.13 Å². The number of likely N-dealkylation sites (tertiary alicyclic amines) is 1. The number of anilines is 1. The highest BCUT2D eigenvalue weighted by Gasteiger charge is 2.61. The molecule has 9 nitrogen and oxygen atoms in total. The molecule has 2 aliphatic carbocycles. The number of Topliss-reactive ketones (excluding diaryl/α,β-unsaturated/α-hetero) is 1. The fourth-order valence-electron chi connectivity index (χ4n) is 5.67. The van der Waals surface area contributed by atoms with Crippen LogP contribution in [0.2, 0.25) is 0 Å². The third kappa shape index (κ3) is 6.17. The number of benzene rings is 1. The van der Waals surface area contributed by atoms with E-state index in [0.29, 0.717) is 37.4 Å². The van der Waals surface area contributed by atoms with Crippen LogP contribution in [0.3, 0.4) is 0 Å². The molecule has 2 heterocycles. The maximum atomic E-state index is 14.0. The van der Waals surface area contributed by atoms with Crippen molar-refractivity contribution in [2.75, 3.05) is 11.9 Å². The number of ketones is 1. The van der Waals surface area contributed by atoms with Gasteiger partial charge in [-0.15, -0.1) is 17.9 Å². The topological polar surface area (TPSA) is 126 Å². The van der Waals surface area contributed by atoms with Gasteiger partial charge in [0.15, 0.2) is 10.9 Å². The standard InChI is InChI=1S/C31H40N4O5S2/c1-6-21-15-31(21,28(38)34-42(39,40)23-12-13-23)16-26(36)25-14-22(17-35(25)27(37)19(2)30(3,4)5)32-29-33-24(18-41-29)20-10-8-7-9-11-20/h6-11,18-19,21-23,25H,1,12-17H2,2-5H3,(H,32,33)(H,34,38)/t19-,21-,22-,25+,31-/m1/s1. The first-order valence-electron chi connectivity index (χ1n) is 14.5. The number of thiazole rings is 1. The molecule has 226 valence electrons. The van der Waals surface area contributed by atoms with Gasteiger partial charge in [0.1, 0.15) is 0 Å². The van der Waals surface area contributed by atoms with Crippen molar-refractivity contribution in [3.05, 3.63) is 48.4 Å². The number of allylic oxidation sites excluding steroid dienone is 1. The van der Waals surface area contributed by atoms with Crippen LogP contribution in [0.25, 0.3) is 11.3 Å². The van der Waals surface area contributed by atoms with Gasteiger partial charge in [-0.1, -0.05) is 64.1 Å². The summed E-state index contributed by atoms with van der Waals surface area (Å²) in [6.07, 6.45) is 3.27. The molecule has 5 rings (SSSR count). The molecule has 2 amide bonds. The quantitative estimate of drug-likeness (QED) is 0.355. The number of amides is 2. The summed E-state index contributed by atoms with van der Waals surface area (Å²) in [5, 5.41) is 5.57. The molecule has 3 fully saturated rings. The lowest BCUT2D eigenvalue weighted by Gasteiger charge is -2.33. The van der Waals surface area contributed by atoms with Crippen LogP contribution in [0.5, 0.6) is 0 Å². The van der Waals surface area contributed by atoms with E-state index in [1.807, 2.05) is 63.4 Å². The normalized spacial score (nSPS) is 26.4. The fraction of sp³-hybridized carbons (Fsp3) is 0.548. The SMILES string of the molecule is C=C[C@@H]1C[C@]1(CC(=O)[C@@H]1C[C@@H](Nc2nc(-c3ccccc3)cs2)CN1C(=O)[C@@H](C)C(C)(C)C)C(=O)NS(=O)(=O)C1CC1. The molecule has 0 spiro atoms. The first-order chi connectivity index (χ1) is 19.7. The first kappa shape index (κ1) is 30.4. The van der Waals surface area contributed by atoms with Gasteiger partial charge in [0.2, 0.25) is 21.8 Å². The average molecular weight is 613 g/mol. The molecule has 2 N–H and O–H groups in total. The van der Waals surface area contributed by atoms with Gasteiger partial charge in [0, 0.05) is 35.9 Å². The van der Waals surface area contributed by atoms with Crippen molar-refractivity contribution >= 4 is 44.1 Å². The summed E-state index contributed by atoms with van der Waals surface area (Å²) in [5.74, 6) is -1.62. The van der Waals surface area contributed by atoms with E-state index in [2.05, 4.69) is 16.6 Å². The summed E-state index contributed by atoms with van der Waals surface area (Å²) in [5.41, 5.74) is 0.391. The molecule has 1 saturated heterocycles. The summed E-state index contributed by atoms with van der Waals surface area (Å²) >= 11 is 1.47. The predicted octanol–water partition coefficient (Wildman–Crippen LogP) is 4.63. The molecule has 1 aromatic heterocycles. The molecule has 42 heavy (non-hydrogen) atoms. The highest BCUT2D eigenvalue weighted by atomic mass is 32.2. The van der Waals surface area contributed by atoms with E-state index in [1.165, 1.54) is 11.3 Å². The van der Waals surface area contributed by atoms with Gasteiger partial charge in [-0.05, 0) is 37.0 Å². The van der Waals surface area contributed by atoms with Gasteiger partial charge >= 0.3 is 0 Å². The van der Waals surface area contributed by atoms with Gasteiger partial charge in [-0.25, -0.2) is 13.4 Å². The lowest BCUT2D eigenvalue weighted by atomic mass is 9.81. The van der Waals surface area contributed by atoms with Crippen LogP contribution < -0.4 is 10.0 Å². The molecule has 3 aliphatic rings. The van der Waals surface area contributed by atoms with Crippen molar-refractivity contribution in [1.29, 1.82) is 0 Å². The van der Waals surface area contributed by atoms with Gasteiger partial charge in [-0.3, -0.25) is 19.1 Å². The van der Waals surface area contributed by atoms with E-state index in [-0.39, 0.29) is 41.4 Å². The zero-order valence-corrected chi connectivity index (χ0v) is 26.3. The number of hydrogen-bond acceptors (Lipinski definition) is 8. The van der Waals surface area contributed by atoms with E-state index >= 15 is 0 Å². The van der Waals surface area contributed by atoms with Gasteiger partial charge < -0.3 is 10.2 Å². The number of hydrogen-bond donors (Lipinski definition) is 2. The Labute approximate surface area is 252 Å². The van der Waals surface area contributed by atoms with Crippen LogP contribution in [0.15, 0.2) is 48.4 Å². The lowest BCUT2D eigenvalue weighted by Crippen LogP contribution is -2.47. The molecule has 5 atom stereocenters. The molecule has 1 aromatic carbocycles. The van der Waals surface area contributed by atoms with Crippen molar-refractivity contribution in [3.63, 3.8) is 0 Å². The summed E-state index contributed by atoms with van der Waals surface area (Å²) in [6.45, 7) is 12.0. The van der Waals surface area contributed by atoms with Crippen LogP contribution in [0.1, 0.15) is 59.8 Å². The van der Waals surface area contributed by atoms with E-state index in [9.17, 15) is 22.8 Å². The molecule has 0 radical (unpaired) electrons. The number of carbonyl (C=O) groups is 3. The minimum absolute atomic E-state index is 0.111. The van der Waals surface area contributed by atoms with Gasteiger partial charge in [0.05, 0.1) is 22.4 Å². The van der Waals surface area contributed by atoms with Crippen molar-refractivity contribution < 1.29 is 22.8 Å². The van der Waals surface area contributed by atoms with Gasteiger partial charge in [-0.2, -0.15) is 0 Å². The Morgan fingerprint density at radius 3 is 2.50 bits per heavy atom. The monoisotopic (exact) mass is 612 g/mol. The Bertz CT molecular complexity index is 1480. The zero-order chi connectivity index (χ0) is 30.4. The van der Waals surface area contributed by atoms with E-state index in [0.717, 1.165) is 11.3 Å². The smallest absolute Gasteiger partial charge is 0.240 e. The highest BCUT2D eigenvalue weighted by molar-refractivity contribution is 7.90. The van der Waals surface area contributed by atoms with E-state index in [1.54, 1.807) is 11.0 Å². The second kappa shape index (κ2) is 11.2. The largest absolute Gasteiger partial charge is 0.357 e. The highest BCUT2D eigenvalue weighted by Crippen LogP contribution is 2.57. The van der Waals surface area contributed by atoms with Crippen LogP contribution in [-0.2, 0) is 24.4 Å². The Hall–Kier alpha value is -3.05. The maximum absolute atomic E-state index is 14.0. The minimum Gasteiger partial charge on any atom is -0.357 e. The van der Waals surface area contributed by atoms with E-state index < -0.39 is 32.6 Å². The second-order valence-corrected chi connectivity index (χ2v) is 15.9. The number of rotatable bonds is 11. The maximum Gasteiger partial charge on any atom is 0.240 e. The number of carbonyl (C=O) groups excluding carboxylic acids is 3. The summed E-state index contributed by atoms with van der Waals surface area (Å²) in [4.78, 5) is 47.4. The molecule has 0 bridgehead atoms. The van der Waals surface area contributed by atoms with Crippen molar-refractivity contribution in [1.82, 2.24) is 14.6 Å². The number of nitrogens with one attached hydrogen (secondary N) is 2. The molecule has 2 saturated carbocycles. The fourth-order valence-corrected chi connectivity index (χ4v) is 7.86. The van der Waals surface area contributed by atoms with Crippen molar-refractivity contribution in [2.45, 2.75) is 77.1 Å². The molecule has 0 unspecified atom stereocenters. The van der Waals surface area contributed by atoms with E-state index in [4.69, 9.17) is 4.98 Å². The minimum atomic E-state index is -3.75. The first-order valence-corrected chi connectivity index (χ1v) is 17.0. The third-order valence-corrected chi connectivity index (χ3v) is 11.7. The van der Waals surface area contributed by atoms with Crippen LogP contribution >= 0.6 is 11.3 Å². The lowest BCUT2D eigenvalue weighted by molar-refractivity contribution is -0.144. The summed E-state index contributed by atoms with van der Waals surface area (Å²) in [6, 6.07) is 8.91. The summed E-state index contributed by atoms with van der Waals surface area (Å²) in [7, 11) is -3.75. The van der Waals surface area contributed by atoms with Crippen LogP contribution in [-0.4, -0.2) is 59.8 Å². The number of aromatic nitrogens is 1. The molecule has 11 heteroatoms. The molecular formula is C31H40N4O5S2. The van der Waals surface area contributed by atoms with Crippen molar-refractivity contribution in [2.24, 2.45) is 22.7 Å². The molecular weight excluding hydrogens is 572 g/mol. The van der Waals surface area contributed by atoms with Crippen molar-refractivity contribution in [3.8, 4) is 11.3 Å². The molecule has 1 aliphatic heterocycles. The molecule has 2 aromatic rings. The third-order valence-electron chi connectivity index (χ3n) is 9.09. The second-order valence-electron chi connectivity index (χ2n) is 13.1. The Morgan fingerprint density at radius 2 is 1.90 bits per heavy atom. The zero-order valence-electron chi connectivity index (χ0n) is 24.6. The predicted molar refractivity (Wildman–Crippen MR) is 164 cm³/mol. The Kier molecular flexibility index (Phi) is 8.12. The average Bonchev–Trinajstić information content (AvgIpc) is 3.83. The Morgan fingerprint density at radius 1 is 1.21 bits per heavy atom. The Balaban J connectivity index is 1.35. The van der Waals surface area contributed by atoms with Gasteiger partial charge in [0.25, 0.3) is 0 Å². The van der Waals surface area contributed by atoms with Crippen LogP contribution in [0, 0.1) is 22.7 Å². The summed E-state index contributed by atoms with van der Waals surface area (Å²) < 4.78 is 27.3.